The summed E-state index contributed by atoms with van der Waals surface area (Å²) in [6, 6.07) is 13.1. The largest absolute Gasteiger partial charge is 0.484 e. The van der Waals surface area contributed by atoms with Gasteiger partial charge in [-0.05, 0) is 35.9 Å². The van der Waals surface area contributed by atoms with Gasteiger partial charge in [0.25, 0.3) is 5.91 Å². The number of aromatic amines is 1. The molecule has 3 N–H and O–H groups in total. The number of H-pyrrole nitrogens is 1. The van der Waals surface area contributed by atoms with Crippen molar-refractivity contribution < 1.29 is 19.4 Å². The molecule has 0 saturated carbocycles. The number of nitrogens with one attached hydrogen (secondary N) is 2. The van der Waals surface area contributed by atoms with Gasteiger partial charge in [-0.2, -0.15) is 0 Å². The molecular formula is C19H17ClN2O4. The standard InChI is InChI=1S/C19H17ClN2O4/c20-13-5-7-14(8-6-13)26-11-18(23)22-17(19(24)25)9-12-10-21-16-4-2-1-3-15(12)16/h1-8,10,17,21H,9,11H2,(H,22,23)(H,24,25). The van der Waals surface area contributed by atoms with E-state index in [1.807, 2.05) is 24.3 Å². The summed E-state index contributed by atoms with van der Waals surface area (Å²) in [4.78, 5) is 26.7. The first kappa shape index (κ1) is 17.8. The first-order chi connectivity index (χ1) is 12.5. The molecule has 1 aromatic heterocycles. The van der Waals surface area contributed by atoms with Crippen molar-refractivity contribution in [1.29, 1.82) is 0 Å². The van der Waals surface area contributed by atoms with Crippen LogP contribution < -0.4 is 10.1 Å². The maximum atomic E-state index is 12.1. The maximum absolute atomic E-state index is 12.1. The molecule has 1 atom stereocenters. The third-order valence-electron chi connectivity index (χ3n) is 3.92. The number of aromatic nitrogens is 1. The minimum atomic E-state index is -1.10. The van der Waals surface area contributed by atoms with E-state index in [2.05, 4.69) is 10.3 Å². The van der Waals surface area contributed by atoms with E-state index >= 15 is 0 Å². The van der Waals surface area contributed by atoms with Crippen molar-refractivity contribution in [3.05, 3.63) is 65.3 Å². The second-order valence-corrected chi connectivity index (χ2v) is 6.20. The van der Waals surface area contributed by atoms with Gasteiger partial charge in [0.15, 0.2) is 6.61 Å². The maximum Gasteiger partial charge on any atom is 0.326 e. The van der Waals surface area contributed by atoms with Crippen molar-refractivity contribution >= 4 is 34.4 Å². The molecule has 0 bridgehead atoms. The van der Waals surface area contributed by atoms with Gasteiger partial charge in [-0.3, -0.25) is 4.79 Å². The number of carboxylic acids is 1. The Balaban J connectivity index is 1.62. The second-order valence-electron chi connectivity index (χ2n) is 5.76. The molecule has 1 unspecified atom stereocenters. The lowest BCUT2D eigenvalue weighted by Crippen LogP contribution is -2.44. The van der Waals surface area contributed by atoms with Gasteiger partial charge < -0.3 is 20.1 Å². The summed E-state index contributed by atoms with van der Waals surface area (Å²) >= 11 is 5.78. The average Bonchev–Trinajstić information content (AvgIpc) is 3.04. The topological polar surface area (TPSA) is 91.4 Å². The van der Waals surface area contributed by atoms with Crippen LogP contribution in [-0.4, -0.2) is 34.6 Å². The minimum Gasteiger partial charge on any atom is -0.484 e. The number of amides is 1. The molecule has 134 valence electrons. The number of aliphatic carboxylic acids is 1. The highest BCUT2D eigenvalue weighted by atomic mass is 35.5. The van der Waals surface area contributed by atoms with Crippen LogP contribution in [0.4, 0.5) is 0 Å². The number of fused-ring (bicyclic) bond motifs is 1. The normalized spacial score (nSPS) is 11.9. The molecule has 7 heteroatoms. The number of carboxylic acid groups (broad SMARTS) is 1. The molecule has 0 aliphatic heterocycles. The lowest BCUT2D eigenvalue weighted by atomic mass is 10.1. The molecule has 0 aliphatic carbocycles. The Morgan fingerprint density at radius 3 is 2.62 bits per heavy atom. The third-order valence-corrected chi connectivity index (χ3v) is 4.17. The molecule has 0 fully saturated rings. The lowest BCUT2D eigenvalue weighted by Gasteiger charge is -2.14. The van der Waals surface area contributed by atoms with Crippen molar-refractivity contribution in [3.63, 3.8) is 0 Å². The van der Waals surface area contributed by atoms with Crippen LogP contribution in [0.2, 0.25) is 5.02 Å². The monoisotopic (exact) mass is 372 g/mol. The number of hydrogen-bond donors (Lipinski definition) is 3. The molecule has 26 heavy (non-hydrogen) atoms. The molecule has 1 amide bonds. The number of hydrogen-bond acceptors (Lipinski definition) is 3. The highest BCUT2D eigenvalue weighted by molar-refractivity contribution is 6.30. The quantitative estimate of drug-likeness (QED) is 0.594. The molecule has 2 aromatic carbocycles. The number of rotatable bonds is 7. The number of carbonyl (C=O) groups excluding carboxylic acids is 1. The predicted molar refractivity (Wildman–Crippen MR) is 98.5 cm³/mol. The minimum absolute atomic E-state index is 0.173. The number of carbonyl (C=O) groups is 2. The van der Waals surface area contributed by atoms with Crippen molar-refractivity contribution in [2.45, 2.75) is 12.5 Å². The Labute approximate surface area is 154 Å². The lowest BCUT2D eigenvalue weighted by molar-refractivity contribution is -0.142. The SMILES string of the molecule is O=C(COc1ccc(Cl)cc1)NC(Cc1c[nH]c2ccccc12)C(=O)O. The first-order valence-electron chi connectivity index (χ1n) is 7.98. The van der Waals surface area contributed by atoms with Crippen LogP contribution in [0.25, 0.3) is 10.9 Å². The van der Waals surface area contributed by atoms with Crippen LogP contribution in [0.3, 0.4) is 0 Å². The fourth-order valence-electron chi connectivity index (χ4n) is 2.64. The summed E-state index contributed by atoms with van der Waals surface area (Å²) < 4.78 is 5.34. The summed E-state index contributed by atoms with van der Waals surface area (Å²) in [5.41, 5.74) is 1.75. The molecule has 0 saturated heterocycles. The average molecular weight is 373 g/mol. The smallest absolute Gasteiger partial charge is 0.326 e. The predicted octanol–water partition coefficient (Wildman–Crippen LogP) is 3.01. The molecule has 1 heterocycles. The van der Waals surface area contributed by atoms with Gasteiger partial charge in [0.05, 0.1) is 0 Å². The van der Waals surface area contributed by atoms with Gasteiger partial charge >= 0.3 is 5.97 Å². The first-order valence-corrected chi connectivity index (χ1v) is 8.36. The molecular weight excluding hydrogens is 356 g/mol. The van der Waals surface area contributed by atoms with E-state index in [0.29, 0.717) is 10.8 Å². The van der Waals surface area contributed by atoms with Gasteiger partial charge in [-0.25, -0.2) is 4.79 Å². The van der Waals surface area contributed by atoms with Crippen molar-refractivity contribution in [2.75, 3.05) is 6.61 Å². The van der Waals surface area contributed by atoms with E-state index in [4.69, 9.17) is 16.3 Å². The zero-order valence-electron chi connectivity index (χ0n) is 13.7. The van der Waals surface area contributed by atoms with Gasteiger partial charge in [0, 0.05) is 28.5 Å². The Morgan fingerprint density at radius 2 is 1.88 bits per heavy atom. The van der Waals surface area contributed by atoms with E-state index in [-0.39, 0.29) is 13.0 Å². The fraction of sp³-hybridized carbons (Fsp3) is 0.158. The van der Waals surface area contributed by atoms with Crippen molar-refractivity contribution in [2.24, 2.45) is 0 Å². The van der Waals surface area contributed by atoms with Crippen LogP contribution in [0.1, 0.15) is 5.56 Å². The van der Waals surface area contributed by atoms with Crippen LogP contribution in [0, 0.1) is 0 Å². The van der Waals surface area contributed by atoms with E-state index in [1.54, 1.807) is 30.5 Å². The highest BCUT2D eigenvalue weighted by Crippen LogP contribution is 2.19. The van der Waals surface area contributed by atoms with Crippen LogP contribution in [0.5, 0.6) is 5.75 Å². The number of benzene rings is 2. The van der Waals surface area contributed by atoms with Crippen molar-refractivity contribution in [1.82, 2.24) is 10.3 Å². The molecule has 3 aromatic rings. The van der Waals surface area contributed by atoms with Crippen LogP contribution in [-0.2, 0) is 16.0 Å². The van der Waals surface area contributed by atoms with Crippen molar-refractivity contribution in [3.8, 4) is 5.75 Å². The Morgan fingerprint density at radius 1 is 1.15 bits per heavy atom. The summed E-state index contributed by atoms with van der Waals surface area (Å²) in [6.45, 7) is -0.278. The van der Waals surface area contributed by atoms with Gasteiger partial charge in [-0.1, -0.05) is 29.8 Å². The molecule has 0 aliphatic rings. The highest BCUT2D eigenvalue weighted by Gasteiger charge is 2.22. The Kier molecular flexibility index (Phi) is 5.43. The van der Waals surface area contributed by atoms with Crippen LogP contribution in [0.15, 0.2) is 54.7 Å². The zero-order valence-corrected chi connectivity index (χ0v) is 14.5. The molecule has 3 rings (SSSR count). The Bertz CT molecular complexity index is 921. The van der Waals surface area contributed by atoms with E-state index in [0.717, 1.165) is 16.5 Å². The number of para-hydroxylation sites is 1. The molecule has 0 spiro atoms. The number of ether oxygens (including phenoxy) is 1. The summed E-state index contributed by atoms with van der Waals surface area (Å²) in [5.74, 6) is -1.13. The van der Waals surface area contributed by atoms with Gasteiger partial charge in [0.2, 0.25) is 0 Å². The van der Waals surface area contributed by atoms with E-state index in [1.165, 1.54) is 0 Å². The van der Waals surface area contributed by atoms with Gasteiger partial charge in [-0.15, -0.1) is 0 Å². The zero-order chi connectivity index (χ0) is 18.5. The van der Waals surface area contributed by atoms with E-state index in [9.17, 15) is 14.7 Å². The summed E-state index contributed by atoms with van der Waals surface area (Å²) in [6.07, 6.45) is 1.93. The molecule has 6 nitrogen and oxygen atoms in total. The second kappa shape index (κ2) is 7.93. The third kappa shape index (κ3) is 4.34. The van der Waals surface area contributed by atoms with Crippen LogP contribution >= 0.6 is 11.6 Å². The summed E-state index contributed by atoms with van der Waals surface area (Å²) in [5, 5.41) is 13.4. The molecule has 0 radical (unpaired) electrons. The van der Waals surface area contributed by atoms with Gasteiger partial charge in [0.1, 0.15) is 11.8 Å². The van der Waals surface area contributed by atoms with E-state index < -0.39 is 17.9 Å². The Hall–Kier alpha value is -2.99. The summed E-state index contributed by atoms with van der Waals surface area (Å²) in [7, 11) is 0. The number of halogens is 1. The fourth-order valence-corrected chi connectivity index (χ4v) is 2.76.